The summed E-state index contributed by atoms with van der Waals surface area (Å²) < 4.78 is 1.57. The van der Waals surface area contributed by atoms with E-state index in [4.69, 9.17) is 5.21 Å². The molecule has 0 unspecified atom stereocenters. The first-order valence-corrected chi connectivity index (χ1v) is 6.97. The van der Waals surface area contributed by atoms with Crippen molar-refractivity contribution >= 4 is 28.7 Å². The monoisotopic (exact) mass is 323 g/mol. The van der Waals surface area contributed by atoms with Crippen LogP contribution in [0.2, 0.25) is 0 Å². The predicted octanol–water partition coefficient (Wildman–Crippen LogP) is 3.01. The number of oxime groups is 1. The first kappa shape index (κ1) is 15.3. The maximum absolute atomic E-state index is 12.1. The fraction of sp³-hybridized carbons (Fsp3) is 0.0625. The van der Waals surface area contributed by atoms with Crippen LogP contribution in [0.25, 0.3) is 10.9 Å². The number of benzene rings is 1. The molecule has 2 heterocycles. The van der Waals surface area contributed by atoms with Crippen LogP contribution in [-0.4, -0.2) is 32.0 Å². The van der Waals surface area contributed by atoms with E-state index in [1.165, 1.54) is 18.3 Å². The summed E-state index contributed by atoms with van der Waals surface area (Å²) in [5.74, 6) is -0.664. The molecule has 0 aliphatic carbocycles. The van der Waals surface area contributed by atoms with E-state index in [9.17, 15) is 9.90 Å². The van der Waals surface area contributed by atoms with Crippen LogP contribution in [0.1, 0.15) is 16.1 Å². The smallest absolute Gasteiger partial charge is 0.296 e. The van der Waals surface area contributed by atoms with Gasteiger partial charge in [-0.05, 0) is 18.2 Å². The molecule has 3 aromatic rings. The summed E-state index contributed by atoms with van der Waals surface area (Å²) in [6.45, 7) is 0. The van der Waals surface area contributed by atoms with Crippen LogP contribution in [0, 0.1) is 0 Å². The van der Waals surface area contributed by atoms with Crippen molar-refractivity contribution in [1.82, 2.24) is 9.55 Å². The van der Waals surface area contributed by atoms with Crippen LogP contribution in [0.4, 0.5) is 5.69 Å². The summed E-state index contributed by atoms with van der Waals surface area (Å²) in [4.78, 5) is 16.0. The zero-order valence-electron chi connectivity index (χ0n) is 12.7. The fourth-order valence-electron chi connectivity index (χ4n) is 2.28. The quantitative estimate of drug-likeness (QED) is 0.334. The highest BCUT2D eigenvalue weighted by Crippen LogP contribution is 2.37. The lowest BCUT2D eigenvalue weighted by atomic mass is 10.2. The van der Waals surface area contributed by atoms with Gasteiger partial charge in [0.05, 0.1) is 23.0 Å². The van der Waals surface area contributed by atoms with E-state index in [2.05, 4.69) is 20.4 Å². The molecule has 0 saturated carbocycles. The SMILES string of the molecule is Cn1c(O)c(N=NC(=O)c2ccc(C=NO)nc2)c2ccccc21. The Balaban J connectivity index is 1.91. The van der Waals surface area contributed by atoms with Gasteiger partial charge in [-0.2, -0.15) is 0 Å². The maximum atomic E-state index is 12.1. The summed E-state index contributed by atoms with van der Waals surface area (Å²) in [5, 5.41) is 29.7. The average Bonchev–Trinajstić information content (AvgIpc) is 2.85. The summed E-state index contributed by atoms with van der Waals surface area (Å²) in [6.07, 6.45) is 2.45. The molecule has 24 heavy (non-hydrogen) atoms. The molecule has 8 nitrogen and oxygen atoms in total. The number of carbonyl (C=O) groups excluding carboxylic acids is 1. The zero-order chi connectivity index (χ0) is 17.1. The molecule has 0 aliphatic rings. The van der Waals surface area contributed by atoms with Crippen LogP contribution in [-0.2, 0) is 7.05 Å². The number of nitrogens with zero attached hydrogens (tertiary/aromatic N) is 5. The summed E-state index contributed by atoms with van der Waals surface area (Å²) in [6, 6.07) is 10.3. The van der Waals surface area contributed by atoms with Gasteiger partial charge >= 0.3 is 0 Å². The van der Waals surface area contributed by atoms with Crippen LogP contribution in [0.5, 0.6) is 5.88 Å². The van der Waals surface area contributed by atoms with Gasteiger partial charge in [-0.1, -0.05) is 23.4 Å². The molecule has 0 fully saturated rings. The van der Waals surface area contributed by atoms with E-state index in [0.29, 0.717) is 11.1 Å². The van der Waals surface area contributed by atoms with Crippen molar-refractivity contribution in [1.29, 1.82) is 0 Å². The number of fused-ring (bicyclic) bond motifs is 1. The fourth-order valence-corrected chi connectivity index (χ4v) is 2.28. The number of amides is 1. The van der Waals surface area contributed by atoms with E-state index in [1.807, 2.05) is 18.2 Å². The van der Waals surface area contributed by atoms with Crippen molar-refractivity contribution in [2.45, 2.75) is 0 Å². The van der Waals surface area contributed by atoms with Gasteiger partial charge in [0.1, 0.15) is 0 Å². The largest absolute Gasteiger partial charge is 0.493 e. The summed E-state index contributed by atoms with van der Waals surface area (Å²) in [7, 11) is 1.70. The third-order valence-electron chi connectivity index (χ3n) is 3.51. The minimum Gasteiger partial charge on any atom is -0.493 e. The van der Waals surface area contributed by atoms with Gasteiger partial charge in [-0.15, -0.1) is 10.2 Å². The Morgan fingerprint density at radius 2 is 2.04 bits per heavy atom. The van der Waals surface area contributed by atoms with Gasteiger partial charge in [-0.3, -0.25) is 9.78 Å². The minimum atomic E-state index is -0.595. The lowest BCUT2D eigenvalue weighted by molar-refractivity contribution is 0.0994. The number of rotatable bonds is 3. The van der Waals surface area contributed by atoms with Gasteiger partial charge in [-0.25, -0.2) is 0 Å². The highest BCUT2D eigenvalue weighted by atomic mass is 16.4. The van der Waals surface area contributed by atoms with E-state index in [0.717, 1.165) is 11.7 Å². The molecule has 0 radical (unpaired) electrons. The number of aromatic nitrogens is 2. The topological polar surface area (TPSA) is 112 Å². The van der Waals surface area contributed by atoms with Gasteiger partial charge in [0.25, 0.3) is 5.91 Å². The average molecular weight is 323 g/mol. The lowest BCUT2D eigenvalue weighted by Gasteiger charge is -1.96. The number of hydrogen-bond donors (Lipinski definition) is 2. The molecule has 0 bridgehead atoms. The lowest BCUT2D eigenvalue weighted by Crippen LogP contribution is -1.96. The van der Waals surface area contributed by atoms with Crippen molar-refractivity contribution in [2.24, 2.45) is 22.4 Å². The molecule has 2 N–H and O–H groups in total. The molecule has 3 rings (SSSR count). The Kier molecular flexibility index (Phi) is 4.02. The Morgan fingerprint density at radius 1 is 1.25 bits per heavy atom. The molecule has 1 aromatic carbocycles. The molecule has 0 spiro atoms. The van der Waals surface area contributed by atoms with E-state index in [-0.39, 0.29) is 17.1 Å². The minimum absolute atomic E-state index is 0.0691. The second-order valence-corrected chi connectivity index (χ2v) is 4.97. The van der Waals surface area contributed by atoms with Gasteiger partial charge < -0.3 is 14.9 Å². The third kappa shape index (κ3) is 2.72. The predicted molar refractivity (Wildman–Crippen MR) is 87.0 cm³/mol. The van der Waals surface area contributed by atoms with Crippen LogP contribution in [0.3, 0.4) is 0 Å². The first-order chi connectivity index (χ1) is 11.6. The second-order valence-electron chi connectivity index (χ2n) is 4.97. The van der Waals surface area contributed by atoms with Gasteiger partial charge in [0, 0.05) is 18.6 Å². The highest BCUT2D eigenvalue weighted by molar-refractivity contribution is 5.97. The number of aromatic hydroxyl groups is 1. The second kappa shape index (κ2) is 6.29. The Bertz CT molecular complexity index is 958. The number of pyridine rings is 1. The van der Waals surface area contributed by atoms with E-state index >= 15 is 0 Å². The van der Waals surface area contributed by atoms with Crippen molar-refractivity contribution in [2.75, 3.05) is 0 Å². The number of hydrogen-bond acceptors (Lipinski definition) is 6. The van der Waals surface area contributed by atoms with Crippen molar-refractivity contribution in [3.8, 4) is 5.88 Å². The highest BCUT2D eigenvalue weighted by Gasteiger charge is 2.14. The summed E-state index contributed by atoms with van der Waals surface area (Å²) in [5.41, 5.74) is 1.65. The van der Waals surface area contributed by atoms with Gasteiger partial charge in [0.15, 0.2) is 5.69 Å². The molecule has 0 atom stereocenters. The standard InChI is InChI=1S/C16H13N5O3/c1-21-13-5-3-2-4-12(13)14(16(21)23)19-20-15(22)10-6-7-11(9-18-24)17-8-10/h2-9,23-24H,1H3. The molecular weight excluding hydrogens is 310 g/mol. The number of carbonyl (C=O) groups is 1. The maximum Gasteiger partial charge on any atom is 0.296 e. The van der Waals surface area contributed by atoms with Crippen LogP contribution >= 0.6 is 0 Å². The molecule has 8 heteroatoms. The molecule has 2 aromatic heterocycles. The van der Waals surface area contributed by atoms with Crippen molar-refractivity contribution < 1.29 is 15.1 Å². The van der Waals surface area contributed by atoms with Crippen LogP contribution < -0.4 is 0 Å². The van der Waals surface area contributed by atoms with Crippen molar-refractivity contribution in [3.63, 3.8) is 0 Å². The van der Waals surface area contributed by atoms with E-state index < -0.39 is 5.91 Å². The summed E-state index contributed by atoms with van der Waals surface area (Å²) >= 11 is 0. The zero-order valence-corrected chi connectivity index (χ0v) is 12.7. The normalized spacial score (nSPS) is 11.7. The first-order valence-electron chi connectivity index (χ1n) is 6.97. The van der Waals surface area contributed by atoms with Crippen molar-refractivity contribution in [3.05, 3.63) is 53.9 Å². The van der Waals surface area contributed by atoms with Crippen LogP contribution in [0.15, 0.2) is 58.0 Å². The number of azo groups is 1. The number of aryl methyl sites for hydroxylation is 1. The molecule has 1 amide bonds. The Morgan fingerprint density at radius 3 is 2.75 bits per heavy atom. The number of para-hydroxylation sites is 1. The molecule has 0 aliphatic heterocycles. The molecule has 0 saturated heterocycles. The Labute approximate surface area is 136 Å². The molecular formula is C16H13N5O3. The third-order valence-corrected chi connectivity index (χ3v) is 3.51. The Hall–Kier alpha value is -3.55. The van der Waals surface area contributed by atoms with Gasteiger partial charge in [0.2, 0.25) is 5.88 Å². The molecule has 120 valence electrons. The van der Waals surface area contributed by atoms with E-state index in [1.54, 1.807) is 17.7 Å².